The number of nitrogens with zero attached hydrogens (tertiary/aromatic N) is 1. The third kappa shape index (κ3) is 2.82. The van der Waals surface area contributed by atoms with E-state index in [1.54, 1.807) is 7.11 Å². The van der Waals surface area contributed by atoms with E-state index < -0.39 is 0 Å². The molecule has 1 heterocycles. The molecule has 0 bridgehead atoms. The number of aromatic nitrogens is 1. The standard InChI is InChI=1S/C18H18N2O/c1-13(14-8-10-16(21-2)11-9-14)20-17-7-3-5-15-6-4-12-19-18(15)17/h3-13,20H,1-2H3. The van der Waals surface area contributed by atoms with E-state index in [4.69, 9.17) is 4.74 Å². The van der Waals surface area contributed by atoms with Crippen LogP contribution in [0.25, 0.3) is 10.9 Å². The van der Waals surface area contributed by atoms with Crippen molar-refractivity contribution in [2.24, 2.45) is 0 Å². The SMILES string of the molecule is COc1ccc(C(C)Nc2cccc3cccnc23)cc1. The Bertz CT molecular complexity index is 732. The molecular weight excluding hydrogens is 260 g/mol. The Morgan fingerprint density at radius 3 is 2.52 bits per heavy atom. The van der Waals surface area contributed by atoms with Gasteiger partial charge in [-0.05, 0) is 36.8 Å². The van der Waals surface area contributed by atoms with Crippen LogP contribution in [0.5, 0.6) is 5.75 Å². The molecular formula is C18H18N2O. The maximum absolute atomic E-state index is 5.19. The molecule has 0 aliphatic heterocycles. The zero-order valence-electron chi connectivity index (χ0n) is 12.2. The number of methoxy groups -OCH3 is 1. The van der Waals surface area contributed by atoms with Gasteiger partial charge < -0.3 is 10.1 Å². The normalized spacial score (nSPS) is 12.1. The molecule has 0 spiro atoms. The van der Waals surface area contributed by atoms with Gasteiger partial charge in [-0.25, -0.2) is 0 Å². The monoisotopic (exact) mass is 278 g/mol. The summed E-state index contributed by atoms with van der Waals surface area (Å²) in [6, 6.07) is 18.5. The summed E-state index contributed by atoms with van der Waals surface area (Å²) in [6.07, 6.45) is 1.82. The third-order valence-corrected chi connectivity index (χ3v) is 3.62. The van der Waals surface area contributed by atoms with Gasteiger partial charge in [0.1, 0.15) is 5.75 Å². The number of hydrogen-bond donors (Lipinski definition) is 1. The molecule has 1 unspecified atom stereocenters. The van der Waals surface area contributed by atoms with Crippen LogP contribution in [0.3, 0.4) is 0 Å². The van der Waals surface area contributed by atoms with Gasteiger partial charge in [0, 0.05) is 17.6 Å². The molecule has 21 heavy (non-hydrogen) atoms. The summed E-state index contributed by atoms with van der Waals surface area (Å²) in [5, 5.41) is 4.68. The predicted octanol–water partition coefficient (Wildman–Crippen LogP) is 4.42. The average Bonchev–Trinajstić information content (AvgIpc) is 2.55. The lowest BCUT2D eigenvalue weighted by molar-refractivity contribution is 0.414. The van der Waals surface area contributed by atoms with Crippen molar-refractivity contribution in [2.75, 3.05) is 12.4 Å². The molecule has 1 aromatic heterocycles. The number of para-hydroxylation sites is 1. The Kier molecular flexibility index (Phi) is 3.73. The van der Waals surface area contributed by atoms with E-state index in [-0.39, 0.29) is 6.04 Å². The lowest BCUT2D eigenvalue weighted by atomic mass is 10.1. The van der Waals surface area contributed by atoms with E-state index in [0.29, 0.717) is 0 Å². The topological polar surface area (TPSA) is 34.1 Å². The summed E-state index contributed by atoms with van der Waals surface area (Å²) in [4.78, 5) is 4.47. The highest BCUT2D eigenvalue weighted by atomic mass is 16.5. The highest BCUT2D eigenvalue weighted by Gasteiger charge is 2.08. The van der Waals surface area contributed by atoms with E-state index in [9.17, 15) is 0 Å². The highest BCUT2D eigenvalue weighted by Crippen LogP contribution is 2.26. The number of pyridine rings is 1. The van der Waals surface area contributed by atoms with Gasteiger partial charge in [0.2, 0.25) is 0 Å². The van der Waals surface area contributed by atoms with Gasteiger partial charge in [0.15, 0.2) is 0 Å². The van der Waals surface area contributed by atoms with Crippen molar-refractivity contribution in [2.45, 2.75) is 13.0 Å². The van der Waals surface area contributed by atoms with Crippen LogP contribution in [0, 0.1) is 0 Å². The Labute approximate surface area is 124 Å². The van der Waals surface area contributed by atoms with Crippen molar-refractivity contribution in [3.63, 3.8) is 0 Å². The lowest BCUT2D eigenvalue weighted by Gasteiger charge is -2.17. The first-order valence-corrected chi connectivity index (χ1v) is 7.02. The number of anilines is 1. The van der Waals surface area contributed by atoms with Gasteiger partial charge in [-0.1, -0.05) is 30.3 Å². The van der Waals surface area contributed by atoms with Crippen molar-refractivity contribution in [3.8, 4) is 5.75 Å². The zero-order chi connectivity index (χ0) is 14.7. The number of fused-ring (bicyclic) bond motifs is 1. The molecule has 0 fully saturated rings. The second-order valence-electron chi connectivity index (χ2n) is 5.02. The van der Waals surface area contributed by atoms with Crippen molar-refractivity contribution in [1.82, 2.24) is 4.98 Å². The summed E-state index contributed by atoms with van der Waals surface area (Å²) in [5.74, 6) is 0.873. The Morgan fingerprint density at radius 2 is 1.76 bits per heavy atom. The minimum Gasteiger partial charge on any atom is -0.497 e. The van der Waals surface area contributed by atoms with Gasteiger partial charge in [0.25, 0.3) is 0 Å². The van der Waals surface area contributed by atoms with Crippen LogP contribution in [0.4, 0.5) is 5.69 Å². The van der Waals surface area contributed by atoms with Crippen molar-refractivity contribution in [3.05, 3.63) is 66.4 Å². The second-order valence-corrected chi connectivity index (χ2v) is 5.02. The lowest BCUT2D eigenvalue weighted by Crippen LogP contribution is -2.07. The maximum Gasteiger partial charge on any atom is 0.118 e. The highest BCUT2D eigenvalue weighted by molar-refractivity contribution is 5.90. The molecule has 0 radical (unpaired) electrons. The predicted molar refractivity (Wildman–Crippen MR) is 86.8 cm³/mol. The van der Waals surface area contributed by atoms with E-state index in [1.165, 1.54) is 5.56 Å². The molecule has 3 heteroatoms. The Hall–Kier alpha value is -2.55. The van der Waals surface area contributed by atoms with Gasteiger partial charge in [-0.15, -0.1) is 0 Å². The first kappa shape index (κ1) is 13.4. The molecule has 0 amide bonds. The Morgan fingerprint density at radius 1 is 1.00 bits per heavy atom. The van der Waals surface area contributed by atoms with Gasteiger partial charge in [-0.2, -0.15) is 0 Å². The molecule has 2 aromatic carbocycles. The third-order valence-electron chi connectivity index (χ3n) is 3.62. The van der Waals surface area contributed by atoms with E-state index in [2.05, 4.69) is 47.6 Å². The fourth-order valence-corrected chi connectivity index (χ4v) is 2.43. The van der Waals surface area contributed by atoms with Crippen LogP contribution in [-0.4, -0.2) is 12.1 Å². The van der Waals surface area contributed by atoms with Gasteiger partial charge in [-0.3, -0.25) is 4.98 Å². The van der Waals surface area contributed by atoms with E-state index >= 15 is 0 Å². The summed E-state index contributed by atoms with van der Waals surface area (Å²) < 4.78 is 5.19. The molecule has 3 nitrogen and oxygen atoms in total. The second kappa shape index (κ2) is 5.83. The first-order valence-electron chi connectivity index (χ1n) is 7.02. The minimum absolute atomic E-state index is 0.198. The van der Waals surface area contributed by atoms with Gasteiger partial charge in [0.05, 0.1) is 18.3 Å². The van der Waals surface area contributed by atoms with Crippen molar-refractivity contribution in [1.29, 1.82) is 0 Å². The molecule has 3 rings (SSSR count). The number of benzene rings is 2. The molecule has 106 valence electrons. The molecule has 0 aliphatic rings. The summed E-state index contributed by atoms with van der Waals surface area (Å²) in [6.45, 7) is 2.14. The molecule has 1 atom stereocenters. The van der Waals surface area contributed by atoms with Crippen LogP contribution in [0.2, 0.25) is 0 Å². The zero-order valence-corrected chi connectivity index (χ0v) is 12.2. The molecule has 1 N–H and O–H groups in total. The largest absolute Gasteiger partial charge is 0.497 e. The summed E-state index contributed by atoms with van der Waals surface area (Å²) in [7, 11) is 1.68. The van der Waals surface area contributed by atoms with Crippen molar-refractivity contribution >= 4 is 16.6 Å². The minimum atomic E-state index is 0.198. The summed E-state index contributed by atoms with van der Waals surface area (Å²) in [5.41, 5.74) is 3.26. The molecule has 0 saturated carbocycles. The smallest absolute Gasteiger partial charge is 0.118 e. The molecule has 0 saturated heterocycles. The summed E-state index contributed by atoms with van der Waals surface area (Å²) >= 11 is 0. The maximum atomic E-state index is 5.19. The number of hydrogen-bond acceptors (Lipinski definition) is 3. The van der Waals surface area contributed by atoms with Crippen LogP contribution in [-0.2, 0) is 0 Å². The van der Waals surface area contributed by atoms with Crippen LogP contribution >= 0.6 is 0 Å². The number of ether oxygens (including phenoxy) is 1. The fraction of sp³-hybridized carbons (Fsp3) is 0.167. The average molecular weight is 278 g/mol. The molecule has 3 aromatic rings. The van der Waals surface area contributed by atoms with Gasteiger partial charge >= 0.3 is 0 Å². The van der Waals surface area contributed by atoms with Crippen molar-refractivity contribution < 1.29 is 4.74 Å². The fourth-order valence-electron chi connectivity index (χ4n) is 2.43. The quantitative estimate of drug-likeness (QED) is 0.767. The van der Waals surface area contributed by atoms with E-state index in [1.807, 2.05) is 30.5 Å². The Balaban J connectivity index is 1.87. The van der Waals surface area contributed by atoms with Crippen LogP contribution < -0.4 is 10.1 Å². The van der Waals surface area contributed by atoms with E-state index in [0.717, 1.165) is 22.3 Å². The number of nitrogens with one attached hydrogen (secondary N) is 1. The van der Waals surface area contributed by atoms with Crippen LogP contribution in [0.15, 0.2) is 60.8 Å². The van der Waals surface area contributed by atoms with Crippen LogP contribution in [0.1, 0.15) is 18.5 Å². The molecule has 0 aliphatic carbocycles. The first-order chi connectivity index (χ1) is 10.3. The number of rotatable bonds is 4.